The number of hydrogen-bond acceptors (Lipinski definition) is 5. The van der Waals surface area contributed by atoms with Crippen molar-refractivity contribution in [3.05, 3.63) is 18.0 Å². The minimum atomic E-state index is -3.05. The molecule has 1 atom stereocenters. The topological polar surface area (TPSA) is 92.4 Å². The van der Waals surface area contributed by atoms with Gasteiger partial charge < -0.3 is 10.2 Å². The first kappa shape index (κ1) is 16.5. The van der Waals surface area contributed by atoms with Crippen LogP contribution in [0.4, 0.5) is 0 Å². The van der Waals surface area contributed by atoms with E-state index >= 15 is 0 Å². The standard InChI is InChI=1S/C14H24N2O4S/c1-11(2)16-5-3-13(15-16)7-14(9-17,10-18)12-4-6-21(19,20)8-12/h3,5,11-12,17-18H,4,6-10H2,1-2H3. The first-order valence-electron chi connectivity index (χ1n) is 7.28. The van der Waals surface area contributed by atoms with Crippen molar-refractivity contribution in [3.8, 4) is 0 Å². The Morgan fingerprint density at radius 3 is 2.52 bits per heavy atom. The highest BCUT2D eigenvalue weighted by atomic mass is 32.2. The lowest BCUT2D eigenvalue weighted by molar-refractivity contribution is 0.0115. The summed E-state index contributed by atoms with van der Waals surface area (Å²) in [4.78, 5) is 0. The monoisotopic (exact) mass is 316 g/mol. The fraction of sp³-hybridized carbons (Fsp3) is 0.786. The van der Waals surface area contributed by atoms with Gasteiger partial charge in [0.1, 0.15) is 0 Å². The van der Waals surface area contributed by atoms with Gasteiger partial charge in [0.25, 0.3) is 0 Å². The van der Waals surface area contributed by atoms with Crippen molar-refractivity contribution in [2.24, 2.45) is 11.3 Å². The van der Waals surface area contributed by atoms with Crippen molar-refractivity contribution in [1.82, 2.24) is 9.78 Å². The van der Waals surface area contributed by atoms with Crippen molar-refractivity contribution >= 4 is 9.84 Å². The minimum absolute atomic E-state index is 0.0407. The summed E-state index contributed by atoms with van der Waals surface area (Å²) in [6, 6.07) is 2.10. The molecule has 1 aliphatic rings. The molecule has 1 fully saturated rings. The largest absolute Gasteiger partial charge is 0.396 e. The van der Waals surface area contributed by atoms with Crippen LogP contribution in [0.15, 0.2) is 12.3 Å². The number of aliphatic hydroxyl groups is 2. The maximum Gasteiger partial charge on any atom is 0.150 e. The van der Waals surface area contributed by atoms with Gasteiger partial charge >= 0.3 is 0 Å². The van der Waals surface area contributed by atoms with Gasteiger partial charge in [0, 0.05) is 24.1 Å². The van der Waals surface area contributed by atoms with Crippen molar-refractivity contribution < 1.29 is 18.6 Å². The molecule has 0 amide bonds. The number of aromatic nitrogens is 2. The molecular weight excluding hydrogens is 292 g/mol. The third-order valence-corrected chi connectivity index (χ3v) is 6.22. The zero-order valence-corrected chi connectivity index (χ0v) is 13.4. The van der Waals surface area contributed by atoms with Crippen LogP contribution in [-0.4, -0.2) is 53.1 Å². The number of rotatable bonds is 6. The molecular formula is C14H24N2O4S. The van der Waals surface area contributed by atoms with Crippen molar-refractivity contribution in [3.63, 3.8) is 0 Å². The second kappa shape index (κ2) is 6.06. The smallest absolute Gasteiger partial charge is 0.150 e. The molecule has 0 radical (unpaired) electrons. The average Bonchev–Trinajstić information content (AvgIpc) is 3.03. The van der Waals surface area contributed by atoms with Gasteiger partial charge in [-0.2, -0.15) is 5.10 Å². The van der Waals surface area contributed by atoms with Crippen LogP contribution in [-0.2, 0) is 16.3 Å². The van der Waals surface area contributed by atoms with Gasteiger partial charge in [-0.05, 0) is 32.3 Å². The predicted molar refractivity (Wildman–Crippen MR) is 79.7 cm³/mol. The molecule has 1 aliphatic heterocycles. The molecule has 0 aliphatic carbocycles. The Labute approximate surface area is 125 Å². The molecule has 0 spiro atoms. The van der Waals surface area contributed by atoms with E-state index in [0.29, 0.717) is 12.8 Å². The summed E-state index contributed by atoms with van der Waals surface area (Å²) in [5, 5.41) is 24.0. The quantitative estimate of drug-likeness (QED) is 0.793. The van der Waals surface area contributed by atoms with Crippen LogP contribution in [0.2, 0.25) is 0 Å². The van der Waals surface area contributed by atoms with E-state index in [0.717, 1.165) is 5.69 Å². The van der Waals surface area contributed by atoms with E-state index < -0.39 is 15.3 Å². The van der Waals surface area contributed by atoms with E-state index in [4.69, 9.17) is 0 Å². The van der Waals surface area contributed by atoms with Crippen molar-refractivity contribution in [1.29, 1.82) is 0 Å². The lowest BCUT2D eigenvalue weighted by Gasteiger charge is -2.34. The van der Waals surface area contributed by atoms with Gasteiger partial charge in [0.05, 0.1) is 30.4 Å². The van der Waals surface area contributed by atoms with Crippen LogP contribution in [0.1, 0.15) is 32.0 Å². The zero-order valence-electron chi connectivity index (χ0n) is 12.6. The second-order valence-electron chi connectivity index (χ2n) is 6.34. The van der Waals surface area contributed by atoms with Crippen LogP contribution >= 0.6 is 0 Å². The Morgan fingerprint density at radius 1 is 1.43 bits per heavy atom. The van der Waals surface area contributed by atoms with E-state index in [1.54, 1.807) is 0 Å². The summed E-state index contributed by atoms with van der Waals surface area (Å²) in [6.45, 7) is 3.56. The van der Waals surface area contributed by atoms with Gasteiger partial charge in [-0.3, -0.25) is 4.68 Å². The first-order chi connectivity index (χ1) is 9.82. The lowest BCUT2D eigenvalue weighted by atomic mass is 9.73. The van der Waals surface area contributed by atoms with Crippen LogP contribution in [0.25, 0.3) is 0 Å². The summed E-state index contributed by atoms with van der Waals surface area (Å²) in [7, 11) is -3.05. The first-order valence-corrected chi connectivity index (χ1v) is 9.10. The third kappa shape index (κ3) is 3.46. The summed E-state index contributed by atoms with van der Waals surface area (Å²) < 4.78 is 25.2. The summed E-state index contributed by atoms with van der Waals surface area (Å²) in [5.41, 5.74) is -0.0455. The van der Waals surface area contributed by atoms with Crippen molar-refractivity contribution in [2.45, 2.75) is 32.7 Å². The molecule has 2 rings (SSSR count). The van der Waals surface area contributed by atoms with Gasteiger partial charge in [0.15, 0.2) is 9.84 Å². The Kier molecular flexibility index (Phi) is 4.75. The van der Waals surface area contributed by atoms with E-state index in [9.17, 15) is 18.6 Å². The SMILES string of the molecule is CC(C)n1ccc(CC(CO)(CO)C2CCS(=O)(=O)C2)n1. The van der Waals surface area contributed by atoms with E-state index in [-0.39, 0.29) is 36.7 Å². The minimum Gasteiger partial charge on any atom is -0.396 e. The predicted octanol–water partition coefficient (Wildman–Crippen LogP) is 0.412. The van der Waals surface area contributed by atoms with Crippen molar-refractivity contribution in [2.75, 3.05) is 24.7 Å². The highest BCUT2D eigenvalue weighted by Gasteiger charge is 2.44. The Bertz CT molecular complexity index is 576. The highest BCUT2D eigenvalue weighted by molar-refractivity contribution is 7.91. The normalized spacial score (nSPS) is 22.0. The Morgan fingerprint density at radius 2 is 2.10 bits per heavy atom. The molecule has 1 aromatic heterocycles. The molecule has 0 saturated carbocycles. The maximum atomic E-state index is 11.7. The summed E-state index contributed by atoms with van der Waals surface area (Å²) >= 11 is 0. The third-order valence-electron chi connectivity index (χ3n) is 4.45. The Balaban J connectivity index is 2.21. The Hall–Kier alpha value is -0.920. The second-order valence-corrected chi connectivity index (χ2v) is 8.56. The molecule has 2 N–H and O–H groups in total. The zero-order chi connectivity index (χ0) is 15.7. The number of sulfone groups is 1. The lowest BCUT2D eigenvalue weighted by Crippen LogP contribution is -2.41. The molecule has 21 heavy (non-hydrogen) atoms. The average molecular weight is 316 g/mol. The van der Waals surface area contributed by atoms with E-state index in [1.165, 1.54) is 0 Å². The van der Waals surface area contributed by atoms with Gasteiger partial charge in [-0.15, -0.1) is 0 Å². The van der Waals surface area contributed by atoms with Gasteiger partial charge in [0.2, 0.25) is 0 Å². The molecule has 1 saturated heterocycles. The summed E-state index contributed by atoms with van der Waals surface area (Å²) in [6.07, 6.45) is 2.75. The summed E-state index contributed by atoms with van der Waals surface area (Å²) in [5.74, 6) is -0.0412. The number of hydrogen-bond donors (Lipinski definition) is 2. The van der Waals surface area contributed by atoms with Gasteiger partial charge in [-0.25, -0.2) is 8.42 Å². The number of nitrogens with zero attached hydrogens (tertiary/aromatic N) is 2. The van der Waals surface area contributed by atoms with Crippen LogP contribution in [0.5, 0.6) is 0 Å². The number of aliphatic hydroxyl groups excluding tert-OH is 2. The van der Waals surface area contributed by atoms with Crippen LogP contribution in [0.3, 0.4) is 0 Å². The fourth-order valence-electron chi connectivity index (χ4n) is 2.96. The molecule has 6 nitrogen and oxygen atoms in total. The van der Waals surface area contributed by atoms with Crippen LogP contribution < -0.4 is 0 Å². The molecule has 120 valence electrons. The molecule has 0 aromatic carbocycles. The molecule has 1 aromatic rings. The molecule has 7 heteroatoms. The molecule has 2 heterocycles. The molecule has 1 unspecified atom stereocenters. The molecule has 0 bridgehead atoms. The van der Waals surface area contributed by atoms with E-state index in [2.05, 4.69) is 5.10 Å². The van der Waals surface area contributed by atoms with Crippen LogP contribution in [0, 0.1) is 11.3 Å². The fourth-order valence-corrected chi connectivity index (χ4v) is 4.91. The highest BCUT2D eigenvalue weighted by Crippen LogP contribution is 2.38. The van der Waals surface area contributed by atoms with E-state index in [1.807, 2.05) is 30.8 Å². The maximum absolute atomic E-state index is 11.7. The van der Waals surface area contributed by atoms with Gasteiger partial charge in [-0.1, -0.05) is 0 Å².